The Morgan fingerprint density at radius 2 is 1.87 bits per heavy atom. The first-order chi connectivity index (χ1) is 11.0. The average Bonchev–Trinajstić information content (AvgIpc) is 2.85. The molecule has 124 valence electrons. The van der Waals surface area contributed by atoms with Crippen molar-refractivity contribution in [3.8, 4) is 0 Å². The lowest BCUT2D eigenvalue weighted by atomic mass is 9.74. The number of likely N-dealkylation sites (tertiary alicyclic amines) is 1. The Balaban J connectivity index is 1.65. The lowest BCUT2D eigenvalue weighted by Gasteiger charge is -2.38. The second-order valence-electron chi connectivity index (χ2n) is 6.67. The SMILES string of the molecule is CC1N(C(=O)Cc2ccc(C(=O)O)cc2)CCC12CCOCC2. The van der Waals surface area contributed by atoms with Crippen LogP contribution in [0.1, 0.15) is 42.1 Å². The molecule has 0 aliphatic carbocycles. The fraction of sp³-hybridized carbons (Fsp3) is 0.556. The van der Waals surface area contributed by atoms with E-state index in [0.717, 1.165) is 44.6 Å². The molecule has 1 atom stereocenters. The molecule has 0 radical (unpaired) electrons. The highest BCUT2D eigenvalue weighted by Gasteiger charge is 2.46. The van der Waals surface area contributed by atoms with E-state index in [2.05, 4.69) is 6.92 Å². The quantitative estimate of drug-likeness (QED) is 0.929. The molecule has 1 unspecified atom stereocenters. The van der Waals surface area contributed by atoms with Gasteiger partial charge in [-0.3, -0.25) is 4.79 Å². The van der Waals surface area contributed by atoms with Gasteiger partial charge in [-0.1, -0.05) is 12.1 Å². The van der Waals surface area contributed by atoms with Crippen LogP contribution in [0.25, 0.3) is 0 Å². The van der Waals surface area contributed by atoms with E-state index in [1.807, 2.05) is 4.90 Å². The number of carboxylic acids is 1. The minimum absolute atomic E-state index is 0.129. The molecule has 0 saturated carbocycles. The molecule has 1 spiro atoms. The molecule has 0 bridgehead atoms. The zero-order valence-corrected chi connectivity index (χ0v) is 13.5. The van der Waals surface area contributed by atoms with Gasteiger partial charge in [-0.2, -0.15) is 0 Å². The minimum Gasteiger partial charge on any atom is -0.478 e. The van der Waals surface area contributed by atoms with Crippen molar-refractivity contribution in [2.75, 3.05) is 19.8 Å². The molecule has 2 aliphatic heterocycles. The first-order valence-electron chi connectivity index (χ1n) is 8.21. The molecular formula is C18H23NO4. The van der Waals surface area contributed by atoms with Crippen molar-refractivity contribution in [2.24, 2.45) is 5.41 Å². The number of hydrogen-bond donors (Lipinski definition) is 1. The summed E-state index contributed by atoms with van der Waals surface area (Å²) in [7, 11) is 0. The number of ether oxygens (including phenoxy) is 1. The molecule has 23 heavy (non-hydrogen) atoms. The standard InChI is InChI=1S/C18H23NO4/c1-13-18(7-10-23-11-8-18)6-9-19(13)16(20)12-14-2-4-15(5-3-14)17(21)22/h2-5,13H,6-12H2,1H3,(H,21,22). The molecule has 2 fully saturated rings. The van der Waals surface area contributed by atoms with Gasteiger partial charge in [0.2, 0.25) is 5.91 Å². The van der Waals surface area contributed by atoms with Crippen LogP contribution in [0.15, 0.2) is 24.3 Å². The summed E-state index contributed by atoms with van der Waals surface area (Å²) in [4.78, 5) is 25.5. The molecule has 3 rings (SSSR count). The third-order valence-electron chi connectivity index (χ3n) is 5.57. The monoisotopic (exact) mass is 317 g/mol. The van der Waals surface area contributed by atoms with Crippen molar-refractivity contribution >= 4 is 11.9 Å². The van der Waals surface area contributed by atoms with Crippen LogP contribution < -0.4 is 0 Å². The van der Waals surface area contributed by atoms with E-state index in [0.29, 0.717) is 6.42 Å². The predicted octanol–water partition coefficient (Wildman–Crippen LogP) is 2.34. The van der Waals surface area contributed by atoms with E-state index in [-0.39, 0.29) is 22.9 Å². The first kappa shape index (κ1) is 16.0. The highest BCUT2D eigenvalue weighted by molar-refractivity contribution is 5.87. The lowest BCUT2D eigenvalue weighted by molar-refractivity contribution is -0.132. The van der Waals surface area contributed by atoms with Gasteiger partial charge in [0.25, 0.3) is 0 Å². The molecule has 1 aromatic carbocycles. The fourth-order valence-electron chi connectivity index (χ4n) is 3.90. The summed E-state index contributed by atoms with van der Waals surface area (Å²) in [5, 5.41) is 8.92. The maximum Gasteiger partial charge on any atom is 0.335 e. The Hall–Kier alpha value is -1.88. The molecule has 0 aromatic heterocycles. The number of carboxylic acid groups (broad SMARTS) is 1. The van der Waals surface area contributed by atoms with Crippen molar-refractivity contribution in [2.45, 2.75) is 38.6 Å². The first-order valence-corrected chi connectivity index (χ1v) is 8.21. The molecule has 1 amide bonds. The van der Waals surface area contributed by atoms with E-state index < -0.39 is 5.97 Å². The second kappa shape index (κ2) is 6.32. The van der Waals surface area contributed by atoms with Crippen molar-refractivity contribution in [1.82, 2.24) is 4.90 Å². The zero-order chi connectivity index (χ0) is 16.4. The van der Waals surface area contributed by atoms with E-state index in [4.69, 9.17) is 9.84 Å². The summed E-state index contributed by atoms with van der Waals surface area (Å²) in [5.74, 6) is -0.818. The summed E-state index contributed by atoms with van der Waals surface area (Å²) in [6, 6.07) is 6.81. The van der Waals surface area contributed by atoms with Crippen LogP contribution in [0, 0.1) is 5.41 Å². The Morgan fingerprint density at radius 1 is 1.22 bits per heavy atom. The molecule has 2 heterocycles. The molecule has 2 aliphatic rings. The van der Waals surface area contributed by atoms with Gasteiger partial charge in [-0.15, -0.1) is 0 Å². The Kier molecular flexibility index (Phi) is 4.39. The summed E-state index contributed by atoms with van der Waals surface area (Å²) in [6.45, 7) is 4.56. The summed E-state index contributed by atoms with van der Waals surface area (Å²) < 4.78 is 5.47. The summed E-state index contributed by atoms with van der Waals surface area (Å²) >= 11 is 0. The van der Waals surface area contributed by atoms with Crippen LogP contribution in [-0.2, 0) is 16.0 Å². The van der Waals surface area contributed by atoms with Crippen molar-refractivity contribution in [3.63, 3.8) is 0 Å². The number of aromatic carboxylic acids is 1. The van der Waals surface area contributed by atoms with E-state index in [9.17, 15) is 9.59 Å². The van der Waals surface area contributed by atoms with Gasteiger partial charge in [0.15, 0.2) is 0 Å². The van der Waals surface area contributed by atoms with Crippen LogP contribution in [-0.4, -0.2) is 47.7 Å². The largest absolute Gasteiger partial charge is 0.478 e. The smallest absolute Gasteiger partial charge is 0.335 e. The molecule has 1 aromatic rings. The van der Waals surface area contributed by atoms with E-state index in [1.54, 1.807) is 24.3 Å². The van der Waals surface area contributed by atoms with Gasteiger partial charge in [0, 0.05) is 25.8 Å². The molecular weight excluding hydrogens is 294 g/mol. The maximum atomic E-state index is 12.6. The molecule has 5 heteroatoms. The number of carbonyl (C=O) groups is 2. The predicted molar refractivity (Wildman–Crippen MR) is 85.4 cm³/mol. The highest BCUT2D eigenvalue weighted by Crippen LogP contribution is 2.44. The van der Waals surface area contributed by atoms with Gasteiger partial charge in [-0.25, -0.2) is 4.79 Å². The van der Waals surface area contributed by atoms with Gasteiger partial charge < -0.3 is 14.7 Å². The third-order valence-corrected chi connectivity index (χ3v) is 5.57. The van der Waals surface area contributed by atoms with Crippen LogP contribution in [0.4, 0.5) is 0 Å². The van der Waals surface area contributed by atoms with Gasteiger partial charge in [0.05, 0.1) is 12.0 Å². The fourth-order valence-corrected chi connectivity index (χ4v) is 3.90. The second-order valence-corrected chi connectivity index (χ2v) is 6.67. The number of rotatable bonds is 3. The number of benzene rings is 1. The topological polar surface area (TPSA) is 66.8 Å². The van der Waals surface area contributed by atoms with Crippen LogP contribution in [0.5, 0.6) is 0 Å². The number of carbonyl (C=O) groups excluding carboxylic acids is 1. The Labute approximate surface area is 136 Å². The highest BCUT2D eigenvalue weighted by atomic mass is 16.5. The minimum atomic E-state index is -0.947. The van der Waals surface area contributed by atoms with Crippen molar-refractivity contribution in [1.29, 1.82) is 0 Å². The third kappa shape index (κ3) is 3.11. The summed E-state index contributed by atoms with van der Waals surface area (Å²) in [6.07, 6.45) is 3.45. The van der Waals surface area contributed by atoms with Gasteiger partial charge in [-0.05, 0) is 49.3 Å². The van der Waals surface area contributed by atoms with E-state index >= 15 is 0 Å². The average molecular weight is 317 g/mol. The Bertz CT molecular complexity index is 590. The van der Waals surface area contributed by atoms with Crippen molar-refractivity contribution < 1.29 is 19.4 Å². The Morgan fingerprint density at radius 3 is 2.48 bits per heavy atom. The molecule has 2 saturated heterocycles. The normalized spacial score (nSPS) is 23.2. The number of hydrogen-bond acceptors (Lipinski definition) is 3. The van der Waals surface area contributed by atoms with E-state index in [1.165, 1.54) is 0 Å². The summed E-state index contributed by atoms with van der Waals surface area (Å²) in [5.41, 5.74) is 1.33. The van der Waals surface area contributed by atoms with Crippen LogP contribution in [0.2, 0.25) is 0 Å². The zero-order valence-electron chi connectivity index (χ0n) is 13.5. The van der Waals surface area contributed by atoms with Crippen LogP contribution >= 0.6 is 0 Å². The lowest BCUT2D eigenvalue weighted by Crippen LogP contribution is -2.43. The van der Waals surface area contributed by atoms with Crippen LogP contribution in [0.3, 0.4) is 0 Å². The van der Waals surface area contributed by atoms with Gasteiger partial charge >= 0.3 is 5.97 Å². The number of amides is 1. The molecule has 5 nitrogen and oxygen atoms in total. The maximum absolute atomic E-state index is 12.6. The van der Waals surface area contributed by atoms with Gasteiger partial charge in [0.1, 0.15) is 0 Å². The van der Waals surface area contributed by atoms with Crippen molar-refractivity contribution in [3.05, 3.63) is 35.4 Å². The molecule has 1 N–H and O–H groups in total. The number of nitrogens with zero attached hydrogens (tertiary/aromatic N) is 1.